The highest BCUT2D eigenvalue weighted by molar-refractivity contribution is 5.94. The summed E-state index contributed by atoms with van der Waals surface area (Å²) < 4.78 is 21.9. The van der Waals surface area contributed by atoms with Crippen molar-refractivity contribution >= 4 is 11.8 Å². The number of rotatable bonds is 4. The molecule has 1 aromatic rings. The number of carbonyl (C=O) groups is 2. The molecular formula is C16H20O6. The lowest BCUT2D eigenvalue weighted by Gasteiger charge is -2.47. The van der Waals surface area contributed by atoms with Crippen LogP contribution in [0.2, 0.25) is 0 Å². The Bertz CT molecular complexity index is 598. The van der Waals surface area contributed by atoms with E-state index in [9.17, 15) is 9.59 Å². The van der Waals surface area contributed by atoms with Gasteiger partial charge in [-0.25, -0.2) is 4.79 Å². The van der Waals surface area contributed by atoms with E-state index in [1.165, 1.54) is 21.1 Å². The van der Waals surface area contributed by atoms with Crippen LogP contribution in [0.25, 0.3) is 0 Å². The fourth-order valence-electron chi connectivity index (χ4n) is 2.30. The molecule has 1 aromatic carbocycles. The van der Waals surface area contributed by atoms with Crippen LogP contribution in [0, 0.1) is 0 Å². The van der Waals surface area contributed by atoms with Gasteiger partial charge in [0, 0.05) is 26.7 Å². The molecule has 1 saturated heterocycles. The first-order chi connectivity index (χ1) is 10.3. The molecule has 0 spiro atoms. The molecule has 1 heterocycles. The van der Waals surface area contributed by atoms with Crippen molar-refractivity contribution in [3.05, 3.63) is 35.4 Å². The van der Waals surface area contributed by atoms with Gasteiger partial charge in [-0.3, -0.25) is 4.79 Å². The quantitative estimate of drug-likeness (QED) is 0.627. The van der Waals surface area contributed by atoms with E-state index in [0.717, 1.165) is 0 Å². The van der Waals surface area contributed by atoms with Crippen LogP contribution < -0.4 is 0 Å². The Balaban J connectivity index is 2.39. The average Bonchev–Trinajstić information content (AvgIpc) is 2.51. The maximum Gasteiger partial charge on any atom is 0.342 e. The maximum atomic E-state index is 12.3. The molecular weight excluding hydrogens is 288 g/mol. The van der Waals surface area contributed by atoms with Crippen LogP contribution in [0.1, 0.15) is 42.8 Å². The molecule has 3 atom stereocenters. The maximum absolute atomic E-state index is 12.3. The summed E-state index contributed by atoms with van der Waals surface area (Å²) in [5.74, 6) is -3.35. The molecule has 1 fully saturated rings. The van der Waals surface area contributed by atoms with Crippen molar-refractivity contribution in [2.75, 3.05) is 14.2 Å². The number of methoxy groups -OCH3 is 2. The molecule has 22 heavy (non-hydrogen) atoms. The van der Waals surface area contributed by atoms with Gasteiger partial charge < -0.3 is 18.9 Å². The van der Waals surface area contributed by atoms with Gasteiger partial charge in [0.15, 0.2) is 11.9 Å². The minimum Gasteiger partial charge on any atom is -0.425 e. The zero-order chi connectivity index (χ0) is 16.5. The summed E-state index contributed by atoms with van der Waals surface area (Å²) in [4.78, 5) is 23.8. The van der Waals surface area contributed by atoms with Crippen molar-refractivity contribution in [3.8, 4) is 0 Å². The first kappa shape index (κ1) is 16.6. The van der Waals surface area contributed by atoms with Crippen LogP contribution in [0.15, 0.2) is 24.3 Å². The Labute approximate surface area is 129 Å². The van der Waals surface area contributed by atoms with Gasteiger partial charge in [0.2, 0.25) is 5.79 Å². The number of ketones is 1. The summed E-state index contributed by atoms with van der Waals surface area (Å²) in [6.07, 6.45) is -0.993. The first-order valence-electron chi connectivity index (χ1n) is 6.88. The molecule has 120 valence electrons. The van der Waals surface area contributed by atoms with Gasteiger partial charge >= 0.3 is 5.97 Å². The summed E-state index contributed by atoms with van der Waals surface area (Å²) in [5.41, 5.74) is 1.02. The summed E-state index contributed by atoms with van der Waals surface area (Å²) in [7, 11) is 2.85. The van der Waals surface area contributed by atoms with E-state index in [2.05, 4.69) is 0 Å². The SMILES string of the molecule is CO[C@]1(C)OC(=O)[C@H](c2cccc(C(C)=O)c2)O[C@@]1(C)OC. The van der Waals surface area contributed by atoms with Crippen molar-refractivity contribution in [2.45, 2.75) is 38.4 Å². The van der Waals surface area contributed by atoms with Gasteiger partial charge in [0.1, 0.15) is 0 Å². The molecule has 6 heteroatoms. The Morgan fingerprint density at radius 1 is 1.18 bits per heavy atom. The summed E-state index contributed by atoms with van der Waals surface area (Å²) in [6.45, 7) is 4.65. The van der Waals surface area contributed by atoms with E-state index in [1.54, 1.807) is 38.1 Å². The Morgan fingerprint density at radius 2 is 1.82 bits per heavy atom. The highest BCUT2D eigenvalue weighted by Gasteiger charge is 2.57. The van der Waals surface area contributed by atoms with Crippen molar-refractivity contribution in [2.24, 2.45) is 0 Å². The van der Waals surface area contributed by atoms with E-state index in [4.69, 9.17) is 18.9 Å². The van der Waals surface area contributed by atoms with Crippen LogP contribution in [0.5, 0.6) is 0 Å². The number of Topliss-reactive ketones (excluding diaryl/α,β-unsaturated/α-hetero) is 1. The van der Waals surface area contributed by atoms with Gasteiger partial charge in [-0.15, -0.1) is 0 Å². The van der Waals surface area contributed by atoms with E-state index in [1.807, 2.05) is 0 Å². The van der Waals surface area contributed by atoms with E-state index >= 15 is 0 Å². The standard InChI is InChI=1S/C16H20O6/c1-10(17)11-7-6-8-12(9-11)13-14(18)22-16(3,20-5)15(2,19-4)21-13/h6-9,13H,1-5H3/t13-,15+,16+/m0/s1. The Hall–Kier alpha value is -1.76. The smallest absolute Gasteiger partial charge is 0.342 e. The van der Waals surface area contributed by atoms with Gasteiger partial charge in [0.05, 0.1) is 0 Å². The normalized spacial score (nSPS) is 31.7. The van der Waals surface area contributed by atoms with Gasteiger partial charge in [-0.2, -0.15) is 0 Å². The fraction of sp³-hybridized carbons (Fsp3) is 0.500. The van der Waals surface area contributed by atoms with Gasteiger partial charge in [-0.05, 0) is 25.5 Å². The molecule has 0 aromatic heterocycles. The lowest BCUT2D eigenvalue weighted by molar-refractivity contribution is -0.407. The lowest BCUT2D eigenvalue weighted by atomic mass is 10.0. The molecule has 0 amide bonds. The third-order valence-corrected chi connectivity index (χ3v) is 4.05. The zero-order valence-electron chi connectivity index (χ0n) is 13.3. The van der Waals surface area contributed by atoms with Crippen molar-refractivity contribution in [3.63, 3.8) is 0 Å². The van der Waals surface area contributed by atoms with E-state index < -0.39 is 23.6 Å². The number of esters is 1. The largest absolute Gasteiger partial charge is 0.425 e. The first-order valence-corrected chi connectivity index (χ1v) is 6.88. The second-order valence-electron chi connectivity index (χ2n) is 5.40. The van der Waals surface area contributed by atoms with Crippen molar-refractivity contribution in [1.29, 1.82) is 0 Å². The molecule has 0 bridgehead atoms. The summed E-state index contributed by atoms with van der Waals surface area (Å²) in [6, 6.07) is 6.68. The van der Waals surface area contributed by atoms with Crippen LogP contribution in [0.4, 0.5) is 0 Å². The minimum absolute atomic E-state index is 0.0951. The van der Waals surface area contributed by atoms with Crippen molar-refractivity contribution in [1.82, 2.24) is 0 Å². The minimum atomic E-state index is -1.37. The second kappa shape index (κ2) is 5.79. The molecule has 0 aliphatic carbocycles. The molecule has 0 radical (unpaired) electrons. The second-order valence-corrected chi connectivity index (χ2v) is 5.40. The number of carbonyl (C=O) groups excluding carboxylic acids is 2. The number of cyclic esters (lactones) is 1. The van der Waals surface area contributed by atoms with Crippen molar-refractivity contribution < 1.29 is 28.5 Å². The Morgan fingerprint density at radius 3 is 2.36 bits per heavy atom. The number of benzene rings is 1. The highest BCUT2D eigenvalue weighted by atomic mass is 16.8. The Kier molecular flexibility index (Phi) is 4.37. The molecule has 6 nitrogen and oxygen atoms in total. The van der Waals surface area contributed by atoms with Crippen LogP contribution >= 0.6 is 0 Å². The fourth-order valence-corrected chi connectivity index (χ4v) is 2.30. The lowest BCUT2D eigenvalue weighted by Crippen LogP contribution is -2.62. The number of ether oxygens (including phenoxy) is 4. The predicted molar refractivity (Wildman–Crippen MR) is 77.2 cm³/mol. The molecule has 0 N–H and O–H groups in total. The monoisotopic (exact) mass is 308 g/mol. The van der Waals surface area contributed by atoms with Crippen LogP contribution in [-0.2, 0) is 23.7 Å². The topological polar surface area (TPSA) is 71.1 Å². The molecule has 1 aliphatic heterocycles. The molecule has 0 saturated carbocycles. The third kappa shape index (κ3) is 2.65. The molecule has 2 rings (SSSR count). The highest BCUT2D eigenvalue weighted by Crippen LogP contribution is 2.41. The van der Waals surface area contributed by atoms with E-state index in [0.29, 0.717) is 11.1 Å². The third-order valence-electron chi connectivity index (χ3n) is 4.05. The zero-order valence-corrected chi connectivity index (χ0v) is 13.3. The van der Waals surface area contributed by atoms with Crippen LogP contribution in [-0.4, -0.2) is 37.5 Å². The number of hydrogen-bond donors (Lipinski definition) is 0. The predicted octanol–water partition coefficient (Wildman–Crippen LogP) is 2.23. The average molecular weight is 308 g/mol. The molecule has 0 unspecified atom stereocenters. The van der Waals surface area contributed by atoms with E-state index in [-0.39, 0.29) is 5.78 Å². The summed E-state index contributed by atoms with van der Waals surface area (Å²) >= 11 is 0. The van der Waals surface area contributed by atoms with Gasteiger partial charge in [0.25, 0.3) is 5.79 Å². The van der Waals surface area contributed by atoms with Crippen LogP contribution in [0.3, 0.4) is 0 Å². The van der Waals surface area contributed by atoms with Gasteiger partial charge in [-0.1, -0.05) is 18.2 Å². The number of hydrogen-bond acceptors (Lipinski definition) is 6. The summed E-state index contributed by atoms with van der Waals surface area (Å²) in [5, 5.41) is 0. The molecule has 1 aliphatic rings.